The van der Waals surface area contributed by atoms with Crippen molar-refractivity contribution in [3.05, 3.63) is 17.8 Å². The quantitative estimate of drug-likeness (QED) is 0.784. The van der Waals surface area contributed by atoms with E-state index in [0.717, 1.165) is 38.2 Å². The molecule has 1 aliphatic rings. The van der Waals surface area contributed by atoms with Gasteiger partial charge in [-0.25, -0.2) is 0 Å². The molecule has 0 bridgehead atoms. The average molecular weight is 279 g/mol. The summed E-state index contributed by atoms with van der Waals surface area (Å²) >= 11 is 0. The van der Waals surface area contributed by atoms with E-state index < -0.39 is 0 Å². The van der Waals surface area contributed by atoms with Crippen LogP contribution in [0.15, 0.2) is 12.1 Å². The van der Waals surface area contributed by atoms with Gasteiger partial charge in [-0.2, -0.15) is 5.10 Å². The number of unbranched alkanes of at least 4 members (excludes halogenated alkanes) is 1. The molecular weight excluding hydrogens is 254 g/mol. The van der Waals surface area contributed by atoms with E-state index in [2.05, 4.69) is 22.4 Å². The Bertz CT molecular complexity index is 383. The SMILES string of the molecule is CCCCc1ccc(OCC2CNCC2COC)nn1. The van der Waals surface area contributed by atoms with E-state index in [1.807, 2.05) is 12.1 Å². The number of hydrogen-bond acceptors (Lipinski definition) is 5. The summed E-state index contributed by atoms with van der Waals surface area (Å²) in [5.41, 5.74) is 1.04. The van der Waals surface area contributed by atoms with Crippen LogP contribution in [0.4, 0.5) is 0 Å². The maximum Gasteiger partial charge on any atom is 0.233 e. The molecule has 0 spiro atoms. The van der Waals surface area contributed by atoms with Gasteiger partial charge in [0.2, 0.25) is 5.88 Å². The number of rotatable bonds is 8. The smallest absolute Gasteiger partial charge is 0.233 e. The summed E-state index contributed by atoms with van der Waals surface area (Å²) < 4.78 is 11.0. The Morgan fingerprint density at radius 2 is 2.00 bits per heavy atom. The van der Waals surface area contributed by atoms with Crippen molar-refractivity contribution in [1.29, 1.82) is 0 Å². The van der Waals surface area contributed by atoms with Gasteiger partial charge in [0.25, 0.3) is 0 Å². The van der Waals surface area contributed by atoms with Gasteiger partial charge in [0.05, 0.1) is 18.9 Å². The van der Waals surface area contributed by atoms with Gasteiger partial charge in [0, 0.05) is 38.1 Å². The summed E-state index contributed by atoms with van der Waals surface area (Å²) in [4.78, 5) is 0. The van der Waals surface area contributed by atoms with Crippen molar-refractivity contribution in [2.45, 2.75) is 26.2 Å². The highest BCUT2D eigenvalue weighted by atomic mass is 16.5. The fourth-order valence-corrected chi connectivity index (χ4v) is 2.50. The van der Waals surface area contributed by atoms with Gasteiger partial charge in [-0.05, 0) is 18.9 Å². The van der Waals surface area contributed by atoms with Crippen LogP contribution < -0.4 is 10.1 Å². The molecule has 2 rings (SSSR count). The predicted octanol–water partition coefficient (Wildman–Crippen LogP) is 1.68. The van der Waals surface area contributed by atoms with Crippen molar-refractivity contribution in [1.82, 2.24) is 15.5 Å². The van der Waals surface area contributed by atoms with E-state index in [4.69, 9.17) is 9.47 Å². The topological polar surface area (TPSA) is 56.3 Å². The molecule has 5 nitrogen and oxygen atoms in total. The Labute approximate surface area is 121 Å². The van der Waals surface area contributed by atoms with Crippen molar-refractivity contribution in [3.63, 3.8) is 0 Å². The van der Waals surface area contributed by atoms with E-state index in [0.29, 0.717) is 24.3 Å². The number of hydrogen-bond donors (Lipinski definition) is 1. The number of ether oxygens (including phenoxy) is 2. The first-order chi connectivity index (χ1) is 9.83. The minimum atomic E-state index is 0.483. The standard InChI is InChI=1S/C15H25N3O2/c1-3-4-5-14-6-7-15(18-17-14)20-11-13-9-16-8-12(13)10-19-2/h6-7,12-13,16H,3-5,8-11H2,1-2H3. The largest absolute Gasteiger partial charge is 0.476 e. The molecule has 2 heterocycles. The van der Waals surface area contributed by atoms with Crippen LogP contribution in [0.25, 0.3) is 0 Å². The first-order valence-corrected chi connectivity index (χ1v) is 7.48. The summed E-state index contributed by atoms with van der Waals surface area (Å²) in [6, 6.07) is 3.93. The van der Waals surface area contributed by atoms with Crippen molar-refractivity contribution < 1.29 is 9.47 Å². The first kappa shape index (κ1) is 15.2. The number of aryl methyl sites for hydroxylation is 1. The van der Waals surface area contributed by atoms with Crippen molar-refractivity contribution in [2.24, 2.45) is 11.8 Å². The number of aromatic nitrogens is 2. The molecule has 1 aromatic rings. The molecule has 0 amide bonds. The van der Waals surface area contributed by atoms with Crippen LogP contribution in [-0.2, 0) is 11.2 Å². The van der Waals surface area contributed by atoms with Gasteiger partial charge in [0.1, 0.15) is 0 Å². The van der Waals surface area contributed by atoms with E-state index in [9.17, 15) is 0 Å². The second-order valence-corrected chi connectivity index (χ2v) is 5.41. The van der Waals surface area contributed by atoms with E-state index in [1.165, 1.54) is 6.42 Å². The number of methoxy groups -OCH3 is 1. The Kier molecular flexibility index (Phi) is 6.21. The minimum absolute atomic E-state index is 0.483. The Hall–Kier alpha value is -1.20. The Balaban J connectivity index is 1.78. The molecular formula is C15H25N3O2. The third-order valence-electron chi connectivity index (χ3n) is 3.79. The molecule has 1 aliphatic heterocycles. The third kappa shape index (κ3) is 4.42. The lowest BCUT2D eigenvalue weighted by molar-refractivity contribution is 0.119. The maximum absolute atomic E-state index is 5.76. The van der Waals surface area contributed by atoms with Crippen molar-refractivity contribution >= 4 is 0 Å². The van der Waals surface area contributed by atoms with Crippen LogP contribution in [0.5, 0.6) is 5.88 Å². The molecule has 1 saturated heterocycles. The molecule has 5 heteroatoms. The van der Waals surface area contributed by atoms with Crippen LogP contribution in [0.3, 0.4) is 0 Å². The van der Waals surface area contributed by atoms with Crippen molar-refractivity contribution in [3.8, 4) is 5.88 Å². The Morgan fingerprint density at radius 3 is 2.65 bits per heavy atom. The minimum Gasteiger partial charge on any atom is -0.476 e. The highest BCUT2D eigenvalue weighted by molar-refractivity contribution is 5.11. The van der Waals surface area contributed by atoms with E-state index >= 15 is 0 Å². The summed E-state index contributed by atoms with van der Waals surface area (Å²) in [7, 11) is 1.75. The molecule has 2 atom stereocenters. The van der Waals surface area contributed by atoms with Crippen LogP contribution >= 0.6 is 0 Å². The summed E-state index contributed by atoms with van der Waals surface area (Å²) in [5.74, 6) is 1.63. The monoisotopic (exact) mass is 279 g/mol. The lowest BCUT2D eigenvalue weighted by atomic mass is 9.98. The molecule has 1 aromatic heterocycles. The van der Waals surface area contributed by atoms with Crippen LogP contribution in [0.1, 0.15) is 25.5 Å². The molecule has 112 valence electrons. The zero-order valence-electron chi connectivity index (χ0n) is 12.5. The van der Waals surface area contributed by atoms with E-state index in [-0.39, 0.29) is 0 Å². The number of nitrogens with one attached hydrogen (secondary N) is 1. The lowest BCUT2D eigenvalue weighted by Gasteiger charge is -2.17. The fraction of sp³-hybridized carbons (Fsp3) is 0.733. The van der Waals surface area contributed by atoms with Gasteiger partial charge in [-0.1, -0.05) is 13.3 Å². The van der Waals surface area contributed by atoms with Gasteiger partial charge >= 0.3 is 0 Å². The van der Waals surface area contributed by atoms with Gasteiger partial charge in [-0.15, -0.1) is 5.10 Å². The van der Waals surface area contributed by atoms with Crippen LogP contribution in [0.2, 0.25) is 0 Å². The Morgan fingerprint density at radius 1 is 1.20 bits per heavy atom. The zero-order valence-corrected chi connectivity index (χ0v) is 12.5. The van der Waals surface area contributed by atoms with Crippen LogP contribution in [-0.4, -0.2) is 43.6 Å². The number of nitrogens with zero attached hydrogens (tertiary/aromatic N) is 2. The van der Waals surface area contributed by atoms with Crippen molar-refractivity contribution in [2.75, 3.05) is 33.4 Å². The molecule has 2 unspecified atom stereocenters. The molecule has 20 heavy (non-hydrogen) atoms. The average Bonchev–Trinajstić information content (AvgIpc) is 2.92. The molecule has 0 aliphatic carbocycles. The van der Waals surface area contributed by atoms with Gasteiger partial charge < -0.3 is 14.8 Å². The molecule has 1 N–H and O–H groups in total. The normalized spacial score (nSPS) is 22.1. The highest BCUT2D eigenvalue weighted by Gasteiger charge is 2.27. The van der Waals surface area contributed by atoms with E-state index in [1.54, 1.807) is 7.11 Å². The first-order valence-electron chi connectivity index (χ1n) is 7.48. The summed E-state index contributed by atoms with van der Waals surface area (Å²) in [5, 5.41) is 11.7. The van der Waals surface area contributed by atoms with Gasteiger partial charge in [0.15, 0.2) is 0 Å². The second-order valence-electron chi connectivity index (χ2n) is 5.41. The molecule has 1 fully saturated rings. The predicted molar refractivity (Wildman–Crippen MR) is 77.9 cm³/mol. The zero-order chi connectivity index (χ0) is 14.2. The maximum atomic E-state index is 5.76. The van der Waals surface area contributed by atoms with Gasteiger partial charge in [-0.3, -0.25) is 0 Å². The fourth-order valence-electron chi connectivity index (χ4n) is 2.50. The molecule has 0 aromatic carbocycles. The summed E-state index contributed by atoms with van der Waals surface area (Å²) in [6.45, 7) is 5.61. The lowest BCUT2D eigenvalue weighted by Crippen LogP contribution is -2.24. The highest BCUT2D eigenvalue weighted by Crippen LogP contribution is 2.18. The second kappa shape index (κ2) is 8.17. The molecule has 0 saturated carbocycles. The van der Waals surface area contributed by atoms with Crippen LogP contribution in [0, 0.1) is 11.8 Å². The third-order valence-corrected chi connectivity index (χ3v) is 3.79. The molecule has 0 radical (unpaired) electrons. The summed E-state index contributed by atoms with van der Waals surface area (Å²) in [6.07, 6.45) is 3.32.